The van der Waals surface area contributed by atoms with Crippen LogP contribution >= 0.6 is 0 Å². The molecular weight excluding hydrogens is 1600 g/mol. The fourth-order valence-corrected chi connectivity index (χ4v) is 15.0. The van der Waals surface area contributed by atoms with E-state index in [4.69, 9.17) is 80.5 Å². The summed E-state index contributed by atoms with van der Waals surface area (Å²) in [4.78, 5) is 64.4. The first kappa shape index (κ1) is 96.5. The van der Waals surface area contributed by atoms with E-state index in [2.05, 4.69) is 21.3 Å². The molecule has 0 aliphatic carbocycles. The van der Waals surface area contributed by atoms with Gasteiger partial charge < -0.3 is 235 Å². The van der Waals surface area contributed by atoms with Gasteiger partial charge in [0, 0.05) is 34.1 Å². The third kappa shape index (κ3) is 21.4. The van der Waals surface area contributed by atoms with Crippen LogP contribution in [0.25, 0.3) is 0 Å². The van der Waals surface area contributed by atoms with E-state index in [1.807, 2.05) is 0 Å². The lowest BCUT2D eigenvalue weighted by Crippen LogP contribution is -2.72. The van der Waals surface area contributed by atoms with Crippen molar-refractivity contribution < 1.29 is 237 Å². The summed E-state index contributed by atoms with van der Waals surface area (Å²) in [7, 11) is 0. The van der Waals surface area contributed by atoms with Crippen LogP contribution < -0.4 is 21.3 Å². The molecule has 4 amide bonds. The highest BCUT2D eigenvalue weighted by atomic mass is 16.8. The maximum Gasteiger partial charge on any atom is 0.364 e. The van der Waals surface area contributed by atoms with Crippen molar-refractivity contribution in [2.75, 3.05) is 52.9 Å². The SMILES string of the molecule is CC(=O)N[C@@H]1[C@@H](O)[C@H](O[C@@H]2O[C@H](CO)[C@@H](O[C@@H]3O[C@H](CO[C@H]4O[C@H](CO)[C@@H](O)[C@H](O)[C@@H]4O)[C@@H](O)[C@H](O[C@H]4O[C@H](CO)[C@@H](O)[C@H](O)[C@@H]4O[C@@H]4O[C@H](CO)[C@@H](O)[C@H](O[C@@H]5O[C@H](CO)[C@H](O)[C@H](O[C@]6(C(=O)O)C[C@H](O)[C@@H](NC(C)=O)[C@H]([C@H](O)[C@H](O)CO)O6)[C@H]5O)[C@H]4NC(C)=O)[C@@H]3O)[C@H](O)[C@H]2NC(C)=O)[C@@H](CO[C@@H]2O[C@@H](C)[C@@H](O)[C@@H](O)[C@@H]2O)O[C@H]1O. The van der Waals surface area contributed by atoms with Crippen molar-refractivity contribution in [1.29, 1.82) is 0 Å². The van der Waals surface area contributed by atoms with Crippen LogP contribution in [0, 0.1) is 0 Å². The van der Waals surface area contributed by atoms with Gasteiger partial charge in [0.25, 0.3) is 5.79 Å². The molecule has 676 valence electrons. The van der Waals surface area contributed by atoms with Crippen molar-refractivity contribution in [2.24, 2.45) is 0 Å². The van der Waals surface area contributed by atoms with Gasteiger partial charge in [0.1, 0.15) is 207 Å². The summed E-state index contributed by atoms with van der Waals surface area (Å²) in [5, 5.41) is 299. The first-order valence-electron chi connectivity index (χ1n) is 37.1. The summed E-state index contributed by atoms with van der Waals surface area (Å²) in [5.41, 5.74) is 0. The predicted molar refractivity (Wildman–Crippen MR) is 359 cm³/mol. The second-order valence-corrected chi connectivity index (χ2v) is 29.6. The summed E-state index contributed by atoms with van der Waals surface area (Å²) in [6, 6.07) is -7.60. The Morgan fingerprint density at radius 1 is 0.368 bits per heavy atom. The van der Waals surface area contributed by atoms with Crippen LogP contribution in [0.4, 0.5) is 0 Å². The molecule has 0 spiro atoms. The zero-order valence-electron chi connectivity index (χ0n) is 63.0. The van der Waals surface area contributed by atoms with Crippen LogP contribution in [0.3, 0.4) is 0 Å². The molecule has 0 bridgehead atoms. The third-order valence-electron chi connectivity index (χ3n) is 21.3. The first-order chi connectivity index (χ1) is 55.1. The molecule has 9 aliphatic heterocycles. The van der Waals surface area contributed by atoms with Gasteiger partial charge in [-0.15, -0.1) is 0 Å². The van der Waals surface area contributed by atoms with Crippen molar-refractivity contribution in [3.8, 4) is 0 Å². The molecule has 9 rings (SSSR count). The summed E-state index contributed by atoms with van der Waals surface area (Å²) >= 11 is 0. The third-order valence-corrected chi connectivity index (χ3v) is 21.3. The van der Waals surface area contributed by atoms with Gasteiger partial charge in [-0.05, 0) is 6.92 Å². The maximum atomic E-state index is 13.3. The van der Waals surface area contributed by atoms with E-state index >= 15 is 0 Å². The van der Waals surface area contributed by atoms with Crippen molar-refractivity contribution in [1.82, 2.24) is 21.3 Å². The molecule has 52 heteroatoms. The summed E-state index contributed by atoms with van der Waals surface area (Å²) in [5.74, 6) is -9.26. The highest BCUT2D eigenvalue weighted by molar-refractivity contribution is 5.77. The Kier molecular flexibility index (Phi) is 34.2. The molecule has 30 N–H and O–H groups in total. The summed E-state index contributed by atoms with van der Waals surface area (Å²) < 4.78 is 100. The smallest absolute Gasteiger partial charge is 0.364 e. The Balaban J connectivity index is 1.03. The van der Waals surface area contributed by atoms with E-state index in [-0.39, 0.29) is 0 Å². The van der Waals surface area contributed by atoms with Gasteiger partial charge in [-0.2, -0.15) is 0 Å². The lowest BCUT2D eigenvalue weighted by Gasteiger charge is -2.52. The van der Waals surface area contributed by atoms with Crippen molar-refractivity contribution in [3.63, 3.8) is 0 Å². The highest BCUT2D eigenvalue weighted by Crippen LogP contribution is 2.42. The van der Waals surface area contributed by atoms with Gasteiger partial charge in [0.05, 0.1) is 71.1 Å². The minimum Gasteiger partial charge on any atom is -0.477 e. The lowest BCUT2D eigenvalue weighted by molar-refractivity contribution is -0.399. The number of hydrogen-bond donors (Lipinski definition) is 30. The highest BCUT2D eigenvalue weighted by Gasteiger charge is 2.63. The first-order valence-corrected chi connectivity index (χ1v) is 37.1. The fraction of sp³-hybridized carbons (Fsp3) is 0.923. The number of carboxylic acids is 1. The molecule has 9 fully saturated rings. The average molecular weight is 1710 g/mol. The molecule has 9 saturated heterocycles. The number of carbonyl (C=O) groups excluding carboxylic acids is 4. The van der Waals surface area contributed by atoms with E-state index in [0.29, 0.717) is 0 Å². The van der Waals surface area contributed by atoms with Gasteiger partial charge in [-0.3, -0.25) is 19.2 Å². The van der Waals surface area contributed by atoms with Crippen LogP contribution in [0.15, 0.2) is 0 Å². The molecule has 0 aromatic heterocycles. The molecule has 46 atom stereocenters. The number of ether oxygens (including phenoxy) is 17. The Bertz CT molecular complexity index is 3190. The maximum absolute atomic E-state index is 13.3. The van der Waals surface area contributed by atoms with Crippen molar-refractivity contribution in [3.05, 3.63) is 0 Å². The van der Waals surface area contributed by atoms with Gasteiger partial charge in [-0.25, -0.2) is 4.79 Å². The molecule has 9 aliphatic rings. The fourth-order valence-electron chi connectivity index (χ4n) is 15.0. The Hall–Kier alpha value is -4.33. The van der Waals surface area contributed by atoms with Crippen molar-refractivity contribution in [2.45, 2.75) is 323 Å². The number of aliphatic carboxylic acids is 1. The van der Waals surface area contributed by atoms with E-state index in [1.165, 1.54) is 6.92 Å². The largest absolute Gasteiger partial charge is 0.477 e. The normalized spacial score (nSPS) is 47.9. The second-order valence-electron chi connectivity index (χ2n) is 29.6. The van der Waals surface area contributed by atoms with Crippen molar-refractivity contribution >= 4 is 29.6 Å². The number of rotatable bonds is 31. The molecule has 117 heavy (non-hydrogen) atoms. The number of aliphatic hydroxyl groups excluding tert-OH is 25. The van der Waals surface area contributed by atoms with Crippen LogP contribution in [0.1, 0.15) is 41.0 Å². The number of carbonyl (C=O) groups is 5. The quantitative estimate of drug-likeness (QED) is 0.0306. The zero-order valence-corrected chi connectivity index (χ0v) is 63.0. The molecular formula is C65H108N4O48. The molecule has 0 radical (unpaired) electrons. The van der Waals surface area contributed by atoms with Gasteiger partial charge in [-0.1, -0.05) is 0 Å². The Morgan fingerprint density at radius 2 is 0.761 bits per heavy atom. The van der Waals surface area contributed by atoms with Crippen LogP contribution in [0.5, 0.6) is 0 Å². The Labute approximate surface area is 662 Å². The molecule has 9 heterocycles. The van der Waals surface area contributed by atoms with E-state index in [0.717, 1.165) is 27.7 Å². The molecule has 0 saturated carbocycles. The summed E-state index contributed by atoms with van der Waals surface area (Å²) in [6.45, 7) is -4.03. The lowest BCUT2D eigenvalue weighted by atomic mass is 9.88. The Morgan fingerprint density at radius 3 is 1.32 bits per heavy atom. The molecule has 52 nitrogen and oxygen atoms in total. The van der Waals surface area contributed by atoms with E-state index in [9.17, 15) is 157 Å². The van der Waals surface area contributed by atoms with Crippen LogP contribution in [-0.4, -0.2) is 497 Å². The monoisotopic (exact) mass is 1710 g/mol. The standard InChI is InChI=1S/C65H108N4O48/c1-15-33(82)42(91)45(94)59(103-15)102-14-28-50(40(89)30(56(98)104-28)67-17(3)77)111-57-31(68-18(4)78)41(90)49(26(12-75)109-57)112-61-47(96)53(39(88)27(110-61)13-101-60-46(95)43(92)35(84)22(8-71)106-60)114-63-55(44(93)36(85)23(9-72)108-63)115-58-32(69-19(5)79)51(37(86)24(10-73)105-58)113-62-48(97)54(38(87)25(11-74)107-62)117-65(64(99)100)6-20(80)29(66-16(2)76)52(116-65)34(83)21(81)7-70/h15,20-63,70-75,80-98H,6-14H2,1-5H3,(H,66,76)(H,67,77)(H,68,78)(H,69,79)(H,99,100)/t15-,20-,21+,22+,23+,24+,25+,26+,27+,28+,29+,30+,31+,32+,33+,34+,35+,36+,37+,38-,39+,40+,41+,42+,43-,44-,45-,46-,47-,48+,49+,50+,51+,52+,53-,54-,55-,56+,57-,58-,59+,60-,61-,62-,63+,65-/m0/s1. The number of aliphatic hydroxyl groups is 25. The topological polar surface area (TPSA) is 816 Å². The summed E-state index contributed by atoms with van der Waals surface area (Å²) in [6.07, 6.45) is -88.7. The second kappa shape index (κ2) is 41.4. The number of nitrogens with one attached hydrogen (secondary N) is 4. The van der Waals surface area contributed by atoms with Crippen LogP contribution in [-0.2, 0) is 104 Å². The molecule has 0 aromatic rings. The van der Waals surface area contributed by atoms with Crippen LogP contribution in [0.2, 0.25) is 0 Å². The molecule has 0 aromatic carbocycles. The number of carboxylic acid groups (broad SMARTS) is 1. The predicted octanol–water partition coefficient (Wildman–Crippen LogP) is -19.8. The van der Waals surface area contributed by atoms with Gasteiger partial charge >= 0.3 is 5.97 Å². The minimum atomic E-state index is -3.33. The van der Waals surface area contributed by atoms with Gasteiger partial charge in [0.15, 0.2) is 50.3 Å². The van der Waals surface area contributed by atoms with E-state index in [1.54, 1.807) is 0 Å². The zero-order chi connectivity index (χ0) is 86.6. The molecule has 0 unspecified atom stereocenters. The number of amides is 4. The van der Waals surface area contributed by atoms with Gasteiger partial charge in [0.2, 0.25) is 23.6 Å². The minimum absolute atomic E-state index is 0.832. The number of hydrogen-bond acceptors (Lipinski definition) is 47. The average Bonchev–Trinajstić information content (AvgIpc) is 0.749. The van der Waals surface area contributed by atoms with E-state index < -0.39 is 371 Å².